The summed E-state index contributed by atoms with van der Waals surface area (Å²) < 4.78 is 33.8. The molecule has 0 N–H and O–H groups in total. The lowest BCUT2D eigenvalue weighted by atomic mass is 10.0. The second-order valence-electron chi connectivity index (χ2n) is 9.09. The van der Waals surface area contributed by atoms with Crippen molar-refractivity contribution in [1.82, 2.24) is 24.6 Å². The predicted octanol–water partition coefficient (Wildman–Crippen LogP) is 3.71. The van der Waals surface area contributed by atoms with Crippen LogP contribution in [0.5, 0.6) is 0 Å². The number of ether oxygens (including phenoxy) is 1. The molecule has 36 heavy (non-hydrogen) atoms. The van der Waals surface area contributed by atoms with E-state index in [1.165, 1.54) is 10.7 Å². The minimum atomic E-state index is -1.37. The normalized spacial score (nSPS) is 16.9. The summed E-state index contributed by atoms with van der Waals surface area (Å²) in [5.74, 6) is 0.322. The Kier molecular flexibility index (Phi) is 5.94. The molecule has 1 atom stereocenters. The molecule has 2 aromatic heterocycles. The van der Waals surface area contributed by atoms with E-state index in [0.29, 0.717) is 64.8 Å². The van der Waals surface area contributed by atoms with Gasteiger partial charge in [0.25, 0.3) is 16.9 Å². The third-order valence-corrected chi connectivity index (χ3v) is 7.49. The number of carbonyl (C=O) groups is 1. The molecule has 1 saturated heterocycles. The van der Waals surface area contributed by atoms with Crippen molar-refractivity contribution in [3.63, 3.8) is 0 Å². The zero-order valence-electron chi connectivity index (χ0n) is 19.7. The fourth-order valence-electron chi connectivity index (χ4n) is 4.54. The average Bonchev–Trinajstić information content (AvgIpc) is 3.69. The molecule has 4 aromatic rings. The van der Waals surface area contributed by atoms with E-state index in [9.17, 15) is 13.7 Å². The first-order valence-corrected chi connectivity index (χ1v) is 13.4. The maximum absolute atomic E-state index is 14.6. The maximum atomic E-state index is 14.6. The molecule has 1 aliphatic carbocycles. The highest BCUT2D eigenvalue weighted by Crippen LogP contribution is 2.41. The Balaban J connectivity index is 1.38. The molecule has 0 radical (unpaired) electrons. The molecule has 0 spiro atoms. The van der Waals surface area contributed by atoms with E-state index in [4.69, 9.17) is 4.74 Å². The molecule has 10 heteroatoms. The number of morpholine rings is 1. The van der Waals surface area contributed by atoms with Crippen molar-refractivity contribution in [2.45, 2.75) is 23.8 Å². The minimum absolute atomic E-state index is 0.102. The average molecular weight is 506 g/mol. The van der Waals surface area contributed by atoms with Gasteiger partial charge in [-0.3, -0.25) is 4.79 Å². The van der Waals surface area contributed by atoms with Gasteiger partial charge in [0.1, 0.15) is 12.1 Å². The van der Waals surface area contributed by atoms with E-state index in [-0.39, 0.29) is 17.7 Å². The van der Waals surface area contributed by atoms with Gasteiger partial charge in [-0.05, 0) is 54.7 Å². The highest BCUT2D eigenvalue weighted by atomic mass is 32.2. The van der Waals surface area contributed by atoms with Gasteiger partial charge in [-0.1, -0.05) is 6.07 Å². The van der Waals surface area contributed by atoms with Crippen molar-refractivity contribution >= 4 is 28.0 Å². The van der Waals surface area contributed by atoms with Crippen LogP contribution in [0, 0.1) is 5.82 Å². The summed E-state index contributed by atoms with van der Waals surface area (Å²) >= 11 is -1.37. The Labute approximate surface area is 210 Å². The molecular weight excluding hydrogens is 481 g/mol. The Morgan fingerprint density at radius 1 is 1.11 bits per heavy atom. The van der Waals surface area contributed by atoms with Gasteiger partial charge < -0.3 is 14.2 Å². The molecule has 2 aliphatic rings. The number of hydrogen-bond donors (Lipinski definition) is 0. The Hall–Kier alpha value is -3.34. The van der Waals surface area contributed by atoms with Crippen LogP contribution in [0.25, 0.3) is 28.0 Å². The van der Waals surface area contributed by atoms with Crippen molar-refractivity contribution in [2.75, 3.05) is 32.6 Å². The van der Waals surface area contributed by atoms with Crippen LogP contribution < -0.4 is 0 Å². The summed E-state index contributed by atoms with van der Waals surface area (Å²) in [6, 6.07) is 10.4. The van der Waals surface area contributed by atoms with Crippen molar-refractivity contribution in [1.29, 1.82) is 0 Å². The van der Waals surface area contributed by atoms with Crippen LogP contribution in [0.4, 0.5) is 4.39 Å². The number of aromatic nitrogens is 4. The molecule has 1 amide bonds. The molecule has 0 bridgehead atoms. The third kappa shape index (κ3) is 4.25. The summed E-state index contributed by atoms with van der Waals surface area (Å²) in [6.07, 6.45) is 6.94. The quantitative estimate of drug-likeness (QED) is 0.384. The van der Waals surface area contributed by atoms with Crippen LogP contribution in [0.2, 0.25) is 0 Å². The van der Waals surface area contributed by atoms with Crippen molar-refractivity contribution in [3.8, 4) is 17.1 Å². The van der Waals surface area contributed by atoms with E-state index in [1.807, 2.05) is 12.1 Å². The standard InChI is InChI=1S/C26H24FN5O3S/c1-36(34)24-20-6-4-18(25(33)31-8-10-35-11-9-31)13-23(20)32(30-24)26-28-14-19(15-29-26)21-12-17(16-2-3-16)5-7-22(21)27/h4-7,12-16H,2-3,8-11H2,1H3. The largest absolute Gasteiger partial charge is 0.610 e. The Bertz CT molecular complexity index is 1450. The summed E-state index contributed by atoms with van der Waals surface area (Å²) in [6.45, 7) is 2.08. The van der Waals surface area contributed by atoms with Gasteiger partial charge >= 0.3 is 0 Å². The minimum Gasteiger partial charge on any atom is -0.610 e. The first kappa shape index (κ1) is 23.1. The molecule has 8 nitrogen and oxygen atoms in total. The number of halogens is 1. The van der Waals surface area contributed by atoms with E-state index < -0.39 is 11.2 Å². The fraction of sp³-hybridized carbons (Fsp3) is 0.308. The summed E-state index contributed by atoms with van der Waals surface area (Å²) in [7, 11) is 0. The molecule has 1 saturated carbocycles. The van der Waals surface area contributed by atoms with Gasteiger partial charge in [-0.15, -0.1) is 5.10 Å². The Morgan fingerprint density at radius 2 is 1.86 bits per heavy atom. The lowest BCUT2D eigenvalue weighted by molar-refractivity contribution is 0.0303. The van der Waals surface area contributed by atoms with Crippen LogP contribution >= 0.6 is 0 Å². The molecule has 3 heterocycles. The van der Waals surface area contributed by atoms with E-state index >= 15 is 0 Å². The SMILES string of the molecule is C[S+]([O-])c1nn(-c2ncc(-c3cc(C4CC4)ccc3F)cn2)c2cc(C(=O)N3CCOCC3)ccc12. The topological polar surface area (TPSA) is 96.2 Å². The van der Waals surface area contributed by atoms with Gasteiger partial charge in [-0.2, -0.15) is 4.68 Å². The number of hydrogen-bond acceptors (Lipinski definition) is 6. The van der Waals surface area contributed by atoms with Gasteiger partial charge in [0.05, 0.1) is 24.1 Å². The van der Waals surface area contributed by atoms with Crippen LogP contribution in [0.15, 0.2) is 53.8 Å². The number of nitrogens with zero attached hydrogens (tertiary/aromatic N) is 5. The van der Waals surface area contributed by atoms with Crippen LogP contribution in [-0.2, 0) is 15.9 Å². The molecule has 1 unspecified atom stereocenters. The van der Waals surface area contributed by atoms with Crippen LogP contribution in [0.3, 0.4) is 0 Å². The molecular formula is C26H24FN5O3S. The van der Waals surface area contributed by atoms with Gasteiger partial charge in [0, 0.05) is 53.3 Å². The predicted molar refractivity (Wildman–Crippen MR) is 133 cm³/mol. The highest BCUT2D eigenvalue weighted by Gasteiger charge is 2.26. The summed E-state index contributed by atoms with van der Waals surface area (Å²) in [5, 5.41) is 5.55. The van der Waals surface area contributed by atoms with Crippen LogP contribution in [0.1, 0.15) is 34.7 Å². The van der Waals surface area contributed by atoms with E-state index in [1.54, 1.807) is 41.7 Å². The molecule has 184 valence electrons. The van der Waals surface area contributed by atoms with E-state index in [0.717, 1.165) is 18.4 Å². The third-order valence-electron chi connectivity index (χ3n) is 6.64. The second-order valence-corrected chi connectivity index (χ2v) is 10.4. The smallest absolute Gasteiger partial charge is 0.271 e. The fourth-order valence-corrected chi connectivity index (χ4v) is 5.22. The number of rotatable bonds is 5. The molecule has 2 aromatic carbocycles. The summed E-state index contributed by atoms with van der Waals surface area (Å²) in [4.78, 5) is 23.7. The lowest BCUT2D eigenvalue weighted by Crippen LogP contribution is -2.40. The van der Waals surface area contributed by atoms with Crippen molar-refractivity contribution in [2.24, 2.45) is 0 Å². The first-order chi connectivity index (χ1) is 17.5. The zero-order valence-corrected chi connectivity index (χ0v) is 20.5. The number of carbonyl (C=O) groups excluding carboxylic acids is 1. The van der Waals surface area contributed by atoms with Crippen molar-refractivity contribution in [3.05, 3.63) is 65.7 Å². The monoisotopic (exact) mass is 505 g/mol. The number of benzene rings is 2. The second kappa shape index (κ2) is 9.27. The lowest BCUT2D eigenvalue weighted by Gasteiger charge is -2.26. The molecule has 2 fully saturated rings. The zero-order chi connectivity index (χ0) is 24.8. The maximum Gasteiger partial charge on any atom is 0.271 e. The number of fused-ring (bicyclic) bond motifs is 1. The molecule has 6 rings (SSSR count). The van der Waals surface area contributed by atoms with Crippen LogP contribution in [-0.4, -0.2) is 67.7 Å². The summed E-state index contributed by atoms with van der Waals surface area (Å²) in [5.41, 5.74) is 3.23. The van der Waals surface area contributed by atoms with Gasteiger partial charge in [0.2, 0.25) is 0 Å². The highest BCUT2D eigenvalue weighted by molar-refractivity contribution is 7.90. The van der Waals surface area contributed by atoms with Gasteiger partial charge in [0.15, 0.2) is 0 Å². The first-order valence-electron chi connectivity index (χ1n) is 11.8. The molecule has 1 aliphatic heterocycles. The van der Waals surface area contributed by atoms with Gasteiger partial charge in [-0.25, -0.2) is 14.4 Å². The number of amides is 1. The van der Waals surface area contributed by atoms with Crippen molar-refractivity contribution < 1.29 is 18.5 Å². The van der Waals surface area contributed by atoms with E-state index in [2.05, 4.69) is 15.1 Å². The Morgan fingerprint density at radius 3 is 2.56 bits per heavy atom.